The van der Waals surface area contributed by atoms with Gasteiger partial charge in [0, 0.05) is 18.8 Å². The zero-order chi connectivity index (χ0) is 12.1. The SMILES string of the molecule is CC(Nc1ccccc1)C(=O)N1CCOCC1. The van der Waals surface area contributed by atoms with Gasteiger partial charge in [-0.1, -0.05) is 18.2 Å². The molecule has 92 valence electrons. The van der Waals surface area contributed by atoms with Crippen LogP contribution in [0.25, 0.3) is 0 Å². The minimum absolute atomic E-state index is 0.136. The van der Waals surface area contributed by atoms with Gasteiger partial charge in [0.25, 0.3) is 0 Å². The first-order valence-corrected chi connectivity index (χ1v) is 5.95. The Kier molecular flexibility index (Phi) is 3.98. The fourth-order valence-corrected chi connectivity index (χ4v) is 1.90. The molecule has 1 fully saturated rings. The molecular formula is C13H18N2O2. The molecule has 4 heteroatoms. The smallest absolute Gasteiger partial charge is 0.244 e. The average Bonchev–Trinajstić information content (AvgIpc) is 2.40. The van der Waals surface area contributed by atoms with E-state index in [-0.39, 0.29) is 11.9 Å². The highest BCUT2D eigenvalue weighted by atomic mass is 16.5. The molecule has 1 heterocycles. The molecule has 2 rings (SSSR count). The monoisotopic (exact) mass is 234 g/mol. The molecule has 1 aliphatic heterocycles. The van der Waals surface area contributed by atoms with Crippen LogP contribution in [0, 0.1) is 0 Å². The van der Waals surface area contributed by atoms with Gasteiger partial charge < -0.3 is 15.0 Å². The van der Waals surface area contributed by atoms with Crippen molar-refractivity contribution in [2.24, 2.45) is 0 Å². The van der Waals surface area contributed by atoms with E-state index in [1.807, 2.05) is 42.2 Å². The van der Waals surface area contributed by atoms with Gasteiger partial charge in [-0.05, 0) is 19.1 Å². The van der Waals surface area contributed by atoms with Crippen molar-refractivity contribution in [2.75, 3.05) is 31.6 Å². The van der Waals surface area contributed by atoms with Crippen LogP contribution in [0.3, 0.4) is 0 Å². The number of ether oxygens (including phenoxy) is 1. The number of morpholine rings is 1. The predicted octanol–water partition coefficient (Wildman–Crippen LogP) is 1.35. The molecule has 1 amide bonds. The van der Waals surface area contributed by atoms with Crippen LogP contribution in [0.15, 0.2) is 30.3 Å². The van der Waals surface area contributed by atoms with E-state index in [0.29, 0.717) is 26.3 Å². The highest BCUT2D eigenvalue weighted by Crippen LogP contribution is 2.09. The Morgan fingerprint density at radius 3 is 2.59 bits per heavy atom. The molecule has 1 aromatic rings. The average molecular weight is 234 g/mol. The van der Waals surface area contributed by atoms with E-state index in [4.69, 9.17) is 4.74 Å². The highest BCUT2D eigenvalue weighted by Gasteiger charge is 2.21. The third-order valence-electron chi connectivity index (χ3n) is 2.85. The number of rotatable bonds is 3. The molecule has 1 aromatic carbocycles. The summed E-state index contributed by atoms with van der Waals surface area (Å²) in [5.41, 5.74) is 0.974. The van der Waals surface area contributed by atoms with Crippen molar-refractivity contribution in [3.63, 3.8) is 0 Å². The summed E-state index contributed by atoms with van der Waals surface area (Å²) in [6.45, 7) is 4.57. The molecule has 1 unspecified atom stereocenters. The van der Waals surface area contributed by atoms with Gasteiger partial charge in [-0.3, -0.25) is 4.79 Å². The van der Waals surface area contributed by atoms with Crippen LogP contribution in [0.2, 0.25) is 0 Å². The molecule has 1 saturated heterocycles. The van der Waals surface area contributed by atoms with Gasteiger partial charge >= 0.3 is 0 Å². The van der Waals surface area contributed by atoms with E-state index >= 15 is 0 Å². The van der Waals surface area contributed by atoms with Gasteiger partial charge in [-0.15, -0.1) is 0 Å². The Bertz CT molecular complexity index is 361. The van der Waals surface area contributed by atoms with Gasteiger partial charge in [0.1, 0.15) is 6.04 Å². The third kappa shape index (κ3) is 3.20. The number of nitrogens with one attached hydrogen (secondary N) is 1. The second-order valence-corrected chi connectivity index (χ2v) is 4.17. The molecule has 0 radical (unpaired) electrons. The van der Waals surface area contributed by atoms with Crippen molar-refractivity contribution in [3.05, 3.63) is 30.3 Å². The molecular weight excluding hydrogens is 216 g/mol. The number of hydrogen-bond donors (Lipinski definition) is 1. The number of benzene rings is 1. The number of hydrogen-bond acceptors (Lipinski definition) is 3. The molecule has 0 saturated carbocycles. The Morgan fingerprint density at radius 2 is 1.94 bits per heavy atom. The van der Waals surface area contributed by atoms with E-state index in [9.17, 15) is 4.79 Å². The van der Waals surface area contributed by atoms with E-state index in [2.05, 4.69) is 5.32 Å². The fourth-order valence-electron chi connectivity index (χ4n) is 1.90. The van der Waals surface area contributed by atoms with Gasteiger partial charge in [0.2, 0.25) is 5.91 Å². The minimum Gasteiger partial charge on any atom is -0.378 e. The maximum absolute atomic E-state index is 12.1. The Hall–Kier alpha value is -1.55. The lowest BCUT2D eigenvalue weighted by Gasteiger charge is -2.29. The standard InChI is InChI=1S/C13H18N2O2/c1-11(14-12-5-3-2-4-6-12)13(16)15-7-9-17-10-8-15/h2-6,11,14H,7-10H2,1H3. The van der Waals surface area contributed by atoms with Crippen LogP contribution in [0.4, 0.5) is 5.69 Å². The van der Waals surface area contributed by atoms with E-state index in [1.54, 1.807) is 0 Å². The quantitative estimate of drug-likeness (QED) is 0.858. The summed E-state index contributed by atoms with van der Waals surface area (Å²) in [6, 6.07) is 9.59. The zero-order valence-corrected chi connectivity index (χ0v) is 10.1. The number of para-hydroxylation sites is 1. The molecule has 0 spiro atoms. The minimum atomic E-state index is -0.199. The van der Waals surface area contributed by atoms with Gasteiger partial charge in [-0.25, -0.2) is 0 Å². The lowest BCUT2D eigenvalue weighted by molar-refractivity contribution is -0.135. The van der Waals surface area contributed by atoms with E-state index in [1.165, 1.54) is 0 Å². The Labute approximate surface area is 102 Å². The molecule has 17 heavy (non-hydrogen) atoms. The fraction of sp³-hybridized carbons (Fsp3) is 0.462. The number of amides is 1. The van der Waals surface area contributed by atoms with Gasteiger partial charge in [0.05, 0.1) is 13.2 Å². The molecule has 1 atom stereocenters. The van der Waals surface area contributed by atoms with Crippen LogP contribution >= 0.6 is 0 Å². The molecule has 0 bridgehead atoms. The van der Waals surface area contributed by atoms with Gasteiger partial charge in [0.15, 0.2) is 0 Å². The lowest BCUT2D eigenvalue weighted by Crippen LogP contribution is -2.46. The summed E-state index contributed by atoms with van der Waals surface area (Å²) in [5, 5.41) is 3.21. The summed E-state index contributed by atoms with van der Waals surface area (Å²) < 4.78 is 5.23. The lowest BCUT2D eigenvalue weighted by atomic mass is 10.2. The van der Waals surface area contributed by atoms with Crippen LogP contribution in [0.1, 0.15) is 6.92 Å². The van der Waals surface area contributed by atoms with E-state index < -0.39 is 0 Å². The highest BCUT2D eigenvalue weighted by molar-refractivity contribution is 5.84. The largest absolute Gasteiger partial charge is 0.378 e. The van der Waals surface area contributed by atoms with Crippen LogP contribution < -0.4 is 5.32 Å². The van der Waals surface area contributed by atoms with Crippen molar-refractivity contribution in [3.8, 4) is 0 Å². The van der Waals surface area contributed by atoms with Crippen LogP contribution in [0.5, 0.6) is 0 Å². The van der Waals surface area contributed by atoms with Crippen LogP contribution in [-0.2, 0) is 9.53 Å². The Morgan fingerprint density at radius 1 is 1.29 bits per heavy atom. The van der Waals surface area contributed by atoms with E-state index in [0.717, 1.165) is 5.69 Å². The second kappa shape index (κ2) is 5.68. The van der Waals surface area contributed by atoms with Gasteiger partial charge in [-0.2, -0.15) is 0 Å². The maximum atomic E-state index is 12.1. The zero-order valence-electron chi connectivity index (χ0n) is 10.1. The normalized spacial score (nSPS) is 17.6. The summed E-state index contributed by atoms with van der Waals surface area (Å²) in [6.07, 6.45) is 0. The van der Waals surface area contributed by atoms with Crippen molar-refractivity contribution >= 4 is 11.6 Å². The maximum Gasteiger partial charge on any atom is 0.244 e. The topological polar surface area (TPSA) is 41.6 Å². The van der Waals surface area contributed by atoms with Crippen molar-refractivity contribution in [1.29, 1.82) is 0 Å². The van der Waals surface area contributed by atoms with Crippen molar-refractivity contribution in [1.82, 2.24) is 4.90 Å². The van der Waals surface area contributed by atoms with Crippen molar-refractivity contribution < 1.29 is 9.53 Å². The summed E-state index contributed by atoms with van der Waals surface area (Å²) in [4.78, 5) is 14.0. The number of anilines is 1. The number of carbonyl (C=O) groups excluding carboxylic acids is 1. The first-order valence-electron chi connectivity index (χ1n) is 5.95. The second-order valence-electron chi connectivity index (χ2n) is 4.17. The Balaban J connectivity index is 1.90. The third-order valence-corrected chi connectivity index (χ3v) is 2.85. The predicted molar refractivity (Wildman–Crippen MR) is 66.9 cm³/mol. The van der Waals surface area contributed by atoms with Crippen LogP contribution in [-0.4, -0.2) is 43.2 Å². The number of carbonyl (C=O) groups is 1. The summed E-state index contributed by atoms with van der Waals surface area (Å²) in [5.74, 6) is 0.136. The summed E-state index contributed by atoms with van der Waals surface area (Å²) >= 11 is 0. The molecule has 4 nitrogen and oxygen atoms in total. The van der Waals surface area contributed by atoms with Crippen molar-refractivity contribution in [2.45, 2.75) is 13.0 Å². The first kappa shape index (κ1) is 11.9. The number of nitrogens with zero attached hydrogens (tertiary/aromatic N) is 1. The molecule has 0 aliphatic carbocycles. The molecule has 0 aromatic heterocycles. The molecule has 1 aliphatic rings. The first-order chi connectivity index (χ1) is 8.27. The molecule has 1 N–H and O–H groups in total. The summed E-state index contributed by atoms with van der Waals surface area (Å²) in [7, 11) is 0.